The summed E-state index contributed by atoms with van der Waals surface area (Å²) in [7, 11) is 0. The molecule has 0 amide bonds. The zero-order valence-electron chi connectivity index (χ0n) is 15.8. The van der Waals surface area contributed by atoms with Gasteiger partial charge in [0.1, 0.15) is 0 Å². The van der Waals surface area contributed by atoms with E-state index in [1.807, 2.05) is 0 Å². The summed E-state index contributed by atoms with van der Waals surface area (Å²) in [6.07, 6.45) is -4.39. The third kappa shape index (κ3) is 4.20. The molecular formula is C22H22F6. The van der Waals surface area contributed by atoms with Gasteiger partial charge in [-0.05, 0) is 72.6 Å². The van der Waals surface area contributed by atoms with Gasteiger partial charge in [0.2, 0.25) is 0 Å². The van der Waals surface area contributed by atoms with Crippen LogP contribution in [0.3, 0.4) is 0 Å². The highest BCUT2D eigenvalue weighted by atomic mass is 19.4. The maximum atomic E-state index is 13.5. The molecule has 3 rings (SSSR count). The Balaban J connectivity index is 2.22. The van der Waals surface area contributed by atoms with Crippen LogP contribution in [0.15, 0.2) is 30.3 Å². The van der Waals surface area contributed by atoms with E-state index < -0.39 is 23.5 Å². The first-order valence-corrected chi connectivity index (χ1v) is 9.38. The SMILES string of the molecule is Cc1ccc(-c2cc(C(F)(F)F)c(C)cc2C2CCCCC2)cc1C(F)(F)F. The second-order valence-electron chi connectivity index (χ2n) is 7.61. The summed E-state index contributed by atoms with van der Waals surface area (Å²) in [4.78, 5) is 0. The standard InChI is InChI=1S/C22H22F6/c1-13-8-9-16(11-19(13)21(23,24)25)18-12-20(22(26,27)28)14(2)10-17(18)15-6-4-3-5-7-15/h8-12,15H,3-7H2,1-2H3. The molecule has 0 nitrogen and oxygen atoms in total. The number of aryl methyl sites for hydroxylation is 2. The number of alkyl halides is 6. The van der Waals surface area contributed by atoms with Crippen LogP contribution in [0.1, 0.15) is 65.8 Å². The van der Waals surface area contributed by atoms with E-state index in [0.717, 1.165) is 49.8 Å². The van der Waals surface area contributed by atoms with Crippen molar-refractivity contribution in [1.82, 2.24) is 0 Å². The van der Waals surface area contributed by atoms with Gasteiger partial charge in [-0.15, -0.1) is 0 Å². The molecule has 0 atom stereocenters. The van der Waals surface area contributed by atoms with Crippen molar-refractivity contribution in [3.8, 4) is 11.1 Å². The van der Waals surface area contributed by atoms with Crippen molar-refractivity contribution in [2.24, 2.45) is 0 Å². The fourth-order valence-electron chi connectivity index (χ4n) is 4.13. The van der Waals surface area contributed by atoms with Gasteiger partial charge in [-0.3, -0.25) is 0 Å². The molecule has 0 aromatic heterocycles. The number of halogens is 6. The molecule has 1 aliphatic carbocycles. The Bertz CT molecular complexity index is 855. The monoisotopic (exact) mass is 400 g/mol. The number of rotatable bonds is 2. The van der Waals surface area contributed by atoms with Gasteiger partial charge >= 0.3 is 12.4 Å². The van der Waals surface area contributed by atoms with Crippen LogP contribution >= 0.6 is 0 Å². The Morgan fingerprint density at radius 3 is 1.86 bits per heavy atom. The lowest BCUT2D eigenvalue weighted by molar-refractivity contribution is -0.139. The number of hydrogen-bond donors (Lipinski definition) is 0. The van der Waals surface area contributed by atoms with E-state index in [-0.39, 0.29) is 28.2 Å². The predicted molar refractivity (Wildman–Crippen MR) is 97.2 cm³/mol. The first-order chi connectivity index (χ1) is 13.0. The van der Waals surface area contributed by atoms with E-state index in [4.69, 9.17) is 0 Å². The van der Waals surface area contributed by atoms with Crippen molar-refractivity contribution in [1.29, 1.82) is 0 Å². The van der Waals surface area contributed by atoms with Crippen LogP contribution < -0.4 is 0 Å². The van der Waals surface area contributed by atoms with E-state index in [2.05, 4.69) is 0 Å². The van der Waals surface area contributed by atoms with E-state index in [9.17, 15) is 26.3 Å². The summed E-state index contributed by atoms with van der Waals surface area (Å²) in [6.45, 7) is 2.76. The predicted octanol–water partition coefficient (Wildman–Crippen LogP) is 8.06. The van der Waals surface area contributed by atoms with Gasteiger partial charge in [-0.1, -0.05) is 37.5 Å². The molecule has 1 fully saturated rings. The van der Waals surface area contributed by atoms with Crippen LogP contribution in [-0.4, -0.2) is 0 Å². The maximum absolute atomic E-state index is 13.5. The molecule has 0 unspecified atom stereocenters. The highest BCUT2D eigenvalue weighted by Crippen LogP contribution is 2.44. The third-order valence-corrected chi connectivity index (χ3v) is 5.60. The van der Waals surface area contributed by atoms with Crippen LogP contribution in [0.5, 0.6) is 0 Å². The Labute approximate surface area is 160 Å². The Morgan fingerprint density at radius 2 is 1.29 bits per heavy atom. The van der Waals surface area contributed by atoms with Crippen molar-refractivity contribution >= 4 is 0 Å². The second-order valence-corrected chi connectivity index (χ2v) is 7.61. The van der Waals surface area contributed by atoms with E-state index in [1.54, 1.807) is 0 Å². The van der Waals surface area contributed by atoms with Gasteiger partial charge in [-0.25, -0.2) is 0 Å². The first kappa shape index (κ1) is 20.7. The van der Waals surface area contributed by atoms with Crippen molar-refractivity contribution in [3.63, 3.8) is 0 Å². The molecule has 2 aromatic rings. The summed E-state index contributed by atoms with van der Waals surface area (Å²) in [6, 6.07) is 6.36. The van der Waals surface area contributed by atoms with Crippen molar-refractivity contribution < 1.29 is 26.3 Å². The molecule has 0 aliphatic heterocycles. The van der Waals surface area contributed by atoms with E-state index in [1.165, 1.54) is 32.0 Å². The number of hydrogen-bond acceptors (Lipinski definition) is 0. The molecule has 0 radical (unpaired) electrons. The minimum atomic E-state index is -4.55. The summed E-state index contributed by atoms with van der Waals surface area (Å²) in [5.41, 5.74) is -0.273. The Kier molecular flexibility index (Phi) is 5.52. The number of benzene rings is 2. The molecule has 1 aliphatic rings. The van der Waals surface area contributed by atoms with Gasteiger partial charge in [0.15, 0.2) is 0 Å². The van der Waals surface area contributed by atoms with Gasteiger partial charge in [0, 0.05) is 0 Å². The molecule has 2 aromatic carbocycles. The minimum Gasteiger partial charge on any atom is -0.166 e. The Hall–Kier alpha value is -1.98. The van der Waals surface area contributed by atoms with Crippen LogP contribution in [0, 0.1) is 13.8 Å². The quantitative estimate of drug-likeness (QED) is 0.447. The molecular weight excluding hydrogens is 378 g/mol. The van der Waals surface area contributed by atoms with Gasteiger partial charge in [0.05, 0.1) is 11.1 Å². The first-order valence-electron chi connectivity index (χ1n) is 9.38. The van der Waals surface area contributed by atoms with E-state index >= 15 is 0 Å². The molecule has 6 heteroatoms. The summed E-state index contributed by atoms with van der Waals surface area (Å²) >= 11 is 0. The lowest BCUT2D eigenvalue weighted by Crippen LogP contribution is -2.12. The molecule has 0 spiro atoms. The average molecular weight is 400 g/mol. The molecule has 0 heterocycles. The molecule has 0 bridgehead atoms. The van der Waals surface area contributed by atoms with Crippen molar-refractivity contribution in [2.75, 3.05) is 0 Å². The zero-order chi connectivity index (χ0) is 20.7. The van der Waals surface area contributed by atoms with Crippen LogP contribution in [0.2, 0.25) is 0 Å². The van der Waals surface area contributed by atoms with Crippen LogP contribution in [0.4, 0.5) is 26.3 Å². The maximum Gasteiger partial charge on any atom is 0.416 e. The molecule has 0 saturated heterocycles. The molecule has 152 valence electrons. The van der Waals surface area contributed by atoms with Crippen molar-refractivity contribution in [2.45, 2.75) is 64.2 Å². The van der Waals surface area contributed by atoms with Gasteiger partial charge in [-0.2, -0.15) is 26.3 Å². The minimum absolute atomic E-state index is 0.0543. The van der Waals surface area contributed by atoms with Gasteiger partial charge < -0.3 is 0 Å². The summed E-state index contributed by atoms with van der Waals surface area (Å²) in [5, 5.41) is 0. The summed E-state index contributed by atoms with van der Waals surface area (Å²) in [5.74, 6) is 0.0698. The lowest BCUT2D eigenvalue weighted by Gasteiger charge is -2.26. The Morgan fingerprint density at radius 1 is 0.714 bits per heavy atom. The zero-order valence-corrected chi connectivity index (χ0v) is 15.8. The smallest absolute Gasteiger partial charge is 0.166 e. The second kappa shape index (κ2) is 7.45. The fourth-order valence-corrected chi connectivity index (χ4v) is 4.13. The molecule has 1 saturated carbocycles. The van der Waals surface area contributed by atoms with Crippen molar-refractivity contribution in [3.05, 3.63) is 58.1 Å². The van der Waals surface area contributed by atoms with Gasteiger partial charge in [0.25, 0.3) is 0 Å². The lowest BCUT2D eigenvalue weighted by atomic mass is 9.79. The van der Waals surface area contributed by atoms with Crippen LogP contribution in [0.25, 0.3) is 11.1 Å². The average Bonchev–Trinajstić information content (AvgIpc) is 2.61. The van der Waals surface area contributed by atoms with E-state index in [0.29, 0.717) is 0 Å². The topological polar surface area (TPSA) is 0 Å². The molecule has 28 heavy (non-hydrogen) atoms. The highest BCUT2D eigenvalue weighted by molar-refractivity contribution is 5.71. The van der Waals surface area contributed by atoms with Crippen LogP contribution in [-0.2, 0) is 12.4 Å². The summed E-state index contributed by atoms with van der Waals surface area (Å²) < 4.78 is 80.5. The largest absolute Gasteiger partial charge is 0.416 e. The highest BCUT2D eigenvalue weighted by Gasteiger charge is 2.35. The normalized spacial score (nSPS) is 16.4. The fraction of sp³-hybridized carbons (Fsp3) is 0.455. The third-order valence-electron chi connectivity index (χ3n) is 5.60. The molecule has 0 N–H and O–H groups in total.